The minimum atomic E-state index is -0.176. The molecule has 21 heavy (non-hydrogen) atoms. The number of anilines is 1. The fourth-order valence-corrected chi connectivity index (χ4v) is 2.81. The Balaban J connectivity index is 2.04. The van der Waals surface area contributed by atoms with Crippen LogP contribution in [0.3, 0.4) is 0 Å². The maximum atomic E-state index is 12.2. The van der Waals surface area contributed by atoms with E-state index in [1.54, 1.807) is 23.6 Å². The van der Waals surface area contributed by atoms with Crippen molar-refractivity contribution >= 4 is 34.7 Å². The summed E-state index contributed by atoms with van der Waals surface area (Å²) in [5.74, 6) is 0.436. The molecular formula is C15H18ClN3OS. The molecular weight excluding hydrogens is 306 g/mol. The van der Waals surface area contributed by atoms with Crippen LogP contribution in [0.2, 0.25) is 5.02 Å². The van der Waals surface area contributed by atoms with E-state index < -0.39 is 0 Å². The summed E-state index contributed by atoms with van der Waals surface area (Å²) in [6.07, 6.45) is 2.53. The largest absolute Gasteiger partial charge is 0.369 e. The van der Waals surface area contributed by atoms with Crippen LogP contribution in [0.5, 0.6) is 0 Å². The molecule has 0 bridgehead atoms. The Kier molecular flexibility index (Phi) is 5.59. The van der Waals surface area contributed by atoms with Gasteiger partial charge in [0.25, 0.3) is 5.91 Å². The number of pyridine rings is 1. The molecule has 0 aliphatic heterocycles. The zero-order chi connectivity index (χ0) is 15.2. The van der Waals surface area contributed by atoms with E-state index in [0.717, 1.165) is 18.5 Å². The normalized spacial score (nSPS) is 12.0. The van der Waals surface area contributed by atoms with Gasteiger partial charge < -0.3 is 10.6 Å². The maximum absolute atomic E-state index is 12.2. The molecule has 2 heterocycles. The smallest absolute Gasteiger partial charge is 0.253 e. The highest BCUT2D eigenvalue weighted by atomic mass is 35.5. The van der Waals surface area contributed by atoms with E-state index in [0.29, 0.717) is 16.4 Å². The monoisotopic (exact) mass is 323 g/mol. The highest BCUT2D eigenvalue weighted by molar-refractivity contribution is 7.07. The molecule has 0 radical (unpaired) electrons. The standard InChI is InChI=1S/C15H18ClN3OS/c1-3-5-17-14-13(16)7-12(8-18-14)15(20)19-10(2)11-4-6-21-9-11/h4,6-10H,3,5H2,1-2H3,(H,17,18)(H,19,20). The van der Waals surface area contributed by atoms with E-state index in [9.17, 15) is 4.79 Å². The Morgan fingerprint density at radius 1 is 1.52 bits per heavy atom. The van der Waals surface area contributed by atoms with Crippen molar-refractivity contribution in [1.29, 1.82) is 0 Å². The summed E-state index contributed by atoms with van der Waals surface area (Å²) in [6.45, 7) is 4.81. The van der Waals surface area contributed by atoms with E-state index in [2.05, 4.69) is 22.5 Å². The van der Waals surface area contributed by atoms with Crippen LogP contribution in [0.25, 0.3) is 0 Å². The number of halogens is 1. The van der Waals surface area contributed by atoms with Gasteiger partial charge in [-0.25, -0.2) is 4.98 Å². The molecule has 0 fully saturated rings. The Labute approximate surface area is 133 Å². The van der Waals surface area contributed by atoms with Crippen LogP contribution in [0, 0.1) is 0 Å². The van der Waals surface area contributed by atoms with Crippen molar-refractivity contribution in [2.45, 2.75) is 26.3 Å². The van der Waals surface area contributed by atoms with Gasteiger partial charge in [0.05, 0.1) is 16.6 Å². The van der Waals surface area contributed by atoms with Crippen molar-refractivity contribution in [3.63, 3.8) is 0 Å². The molecule has 2 aromatic heterocycles. The molecule has 2 aromatic rings. The average Bonchev–Trinajstić information content (AvgIpc) is 3.00. The van der Waals surface area contributed by atoms with Gasteiger partial charge in [-0.15, -0.1) is 0 Å². The molecule has 4 nitrogen and oxygen atoms in total. The zero-order valence-corrected chi connectivity index (χ0v) is 13.6. The van der Waals surface area contributed by atoms with E-state index in [-0.39, 0.29) is 11.9 Å². The summed E-state index contributed by atoms with van der Waals surface area (Å²) in [7, 11) is 0. The van der Waals surface area contributed by atoms with Gasteiger partial charge in [0, 0.05) is 12.7 Å². The molecule has 0 saturated heterocycles. The van der Waals surface area contributed by atoms with E-state index in [1.165, 1.54) is 0 Å². The van der Waals surface area contributed by atoms with Crippen LogP contribution in [0.4, 0.5) is 5.82 Å². The van der Waals surface area contributed by atoms with Gasteiger partial charge in [-0.3, -0.25) is 4.79 Å². The molecule has 1 amide bonds. The predicted octanol–water partition coefficient (Wildman–Crippen LogP) is 4.11. The number of nitrogens with one attached hydrogen (secondary N) is 2. The summed E-state index contributed by atoms with van der Waals surface area (Å²) in [5.41, 5.74) is 1.55. The lowest BCUT2D eigenvalue weighted by Gasteiger charge is -2.13. The highest BCUT2D eigenvalue weighted by Gasteiger charge is 2.13. The van der Waals surface area contributed by atoms with Crippen LogP contribution < -0.4 is 10.6 Å². The maximum Gasteiger partial charge on any atom is 0.253 e. The van der Waals surface area contributed by atoms with Gasteiger partial charge in [0.1, 0.15) is 5.82 Å². The number of hydrogen-bond donors (Lipinski definition) is 2. The van der Waals surface area contributed by atoms with E-state index in [4.69, 9.17) is 11.6 Å². The molecule has 0 saturated carbocycles. The lowest BCUT2D eigenvalue weighted by molar-refractivity contribution is 0.0939. The molecule has 0 spiro atoms. The quantitative estimate of drug-likeness (QED) is 0.841. The summed E-state index contributed by atoms with van der Waals surface area (Å²) in [6, 6.07) is 3.60. The van der Waals surface area contributed by atoms with Crippen molar-refractivity contribution in [3.05, 3.63) is 45.2 Å². The minimum absolute atomic E-state index is 0.0413. The Hall–Kier alpha value is -1.59. The van der Waals surface area contributed by atoms with Crippen molar-refractivity contribution in [3.8, 4) is 0 Å². The number of carbonyl (C=O) groups is 1. The highest BCUT2D eigenvalue weighted by Crippen LogP contribution is 2.21. The second-order valence-corrected chi connectivity index (χ2v) is 5.92. The fraction of sp³-hybridized carbons (Fsp3) is 0.333. The number of nitrogens with zero attached hydrogens (tertiary/aromatic N) is 1. The third-order valence-corrected chi connectivity index (χ3v) is 4.03. The first-order valence-corrected chi connectivity index (χ1v) is 8.16. The van der Waals surface area contributed by atoms with Crippen LogP contribution in [0.15, 0.2) is 29.1 Å². The SMILES string of the molecule is CCCNc1ncc(C(=O)NC(C)c2ccsc2)cc1Cl. The number of hydrogen-bond acceptors (Lipinski definition) is 4. The molecule has 6 heteroatoms. The zero-order valence-electron chi connectivity index (χ0n) is 12.0. The van der Waals surface area contributed by atoms with Gasteiger partial charge in [-0.1, -0.05) is 18.5 Å². The molecule has 1 unspecified atom stereocenters. The van der Waals surface area contributed by atoms with Crippen LogP contribution in [-0.2, 0) is 0 Å². The Bertz CT molecular complexity index is 601. The van der Waals surface area contributed by atoms with Crippen molar-refractivity contribution < 1.29 is 4.79 Å². The molecule has 112 valence electrons. The molecule has 2 rings (SSSR count). The summed E-state index contributed by atoms with van der Waals surface area (Å²) in [4.78, 5) is 16.4. The predicted molar refractivity (Wildman–Crippen MR) is 88.2 cm³/mol. The third kappa shape index (κ3) is 4.19. The molecule has 1 atom stereocenters. The van der Waals surface area contributed by atoms with Crippen molar-refractivity contribution in [1.82, 2.24) is 10.3 Å². The van der Waals surface area contributed by atoms with Gasteiger partial charge in [-0.2, -0.15) is 11.3 Å². The number of thiophene rings is 1. The van der Waals surface area contributed by atoms with Gasteiger partial charge in [0.2, 0.25) is 0 Å². The van der Waals surface area contributed by atoms with Gasteiger partial charge in [0.15, 0.2) is 0 Å². The van der Waals surface area contributed by atoms with E-state index >= 15 is 0 Å². The van der Waals surface area contributed by atoms with Gasteiger partial charge >= 0.3 is 0 Å². The number of aromatic nitrogens is 1. The molecule has 0 aliphatic carbocycles. The van der Waals surface area contributed by atoms with Gasteiger partial charge in [-0.05, 0) is 41.8 Å². The fourth-order valence-electron chi connectivity index (χ4n) is 1.82. The lowest BCUT2D eigenvalue weighted by Crippen LogP contribution is -2.26. The van der Waals surface area contributed by atoms with Crippen LogP contribution in [-0.4, -0.2) is 17.4 Å². The minimum Gasteiger partial charge on any atom is -0.369 e. The third-order valence-electron chi connectivity index (χ3n) is 3.04. The Morgan fingerprint density at radius 3 is 2.95 bits per heavy atom. The second-order valence-electron chi connectivity index (χ2n) is 4.73. The first-order valence-electron chi connectivity index (χ1n) is 6.84. The molecule has 0 aromatic carbocycles. The van der Waals surface area contributed by atoms with Crippen molar-refractivity contribution in [2.75, 3.05) is 11.9 Å². The summed E-state index contributed by atoms with van der Waals surface area (Å²) >= 11 is 7.75. The Morgan fingerprint density at radius 2 is 2.33 bits per heavy atom. The number of rotatable bonds is 6. The summed E-state index contributed by atoms with van der Waals surface area (Å²) in [5, 5.41) is 10.5. The average molecular weight is 324 g/mol. The van der Waals surface area contributed by atoms with Crippen LogP contribution >= 0.6 is 22.9 Å². The first-order chi connectivity index (χ1) is 10.1. The molecule has 0 aliphatic rings. The lowest BCUT2D eigenvalue weighted by atomic mass is 10.1. The number of carbonyl (C=O) groups excluding carboxylic acids is 1. The van der Waals surface area contributed by atoms with Crippen LogP contribution in [0.1, 0.15) is 42.2 Å². The molecule has 2 N–H and O–H groups in total. The van der Waals surface area contributed by atoms with E-state index in [1.807, 2.05) is 23.8 Å². The number of amides is 1. The second kappa shape index (κ2) is 7.43. The summed E-state index contributed by atoms with van der Waals surface area (Å²) < 4.78 is 0. The van der Waals surface area contributed by atoms with Crippen molar-refractivity contribution in [2.24, 2.45) is 0 Å². The topological polar surface area (TPSA) is 54.0 Å². The first kappa shape index (κ1) is 15.8.